The molecular formula is C13H9BrN4O2. The maximum atomic E-state index is 10.8. The summed E-state index contributed by atoms with van der Waals surface area (Å²) in [5, 5.41) is 13.3. The molecule has 0 atom stereocenters. The first-order valence-corrected chi connectivity index (χ1v) is 6.61. The average molecular weight is 333 g/mol. The lowest BCUT2D eigenvalue weighted by molar-refractivity contribution is -0.136. The summed E-state index contributed by atoms with van der Waals surface area (Å²) in [4.78, 5) is 19.1. The molecule has 0 aromatic carbocycles. The Morgan fingerprint density at radius 1 is 1.35 bits per heavy atom. The van der Waals surface area contributed by atoms with Crippen LogP contribution in [0.5, 0.6) is 0 Å². The van der Waals surface area contributed by atoms with Gasteiger partial charge < -0.3 is 5.11 Å². The number of hydrogen-bond donors (Lipinski definition) is 1. The first-order valence-electron chi connectivity index (χ1n) is 5.81. The number of aliphatic carboxylic acids is 1. The van der Waals surface area contributed by atoms with Gasteiger partial charge in [-0.15, -0.1) is 0 Å². The number of nitrogens with zero attached hydrogens (tertiary/aromatic N) is 4. The zero-order valence-electron chi connectivity index (χ0n) is 10.2. The predicted octanol–water partition coefficient (Wildman–Crippen LogP) is 2.18. The van der Waals surface area contributed by atoms with Crippen molar-refractivity contribution in [3.05, 3.63) is 47.0 Å². The predicted molar refractivity (Wildman–Crippen MR) is 75.3 cm³/mol. The molecule has 7 heteroatoms. The topological polar surface area (TPSA) is 80.4 Å². The van der Waals surface area contributed by atoms with E-state index in [4.69, 9.17) is 5.11 Å². The molecule has 0 spiro atoms. The van der Waals surface area contributed by atoms with Crippen LogP contribution in [0.15, 0.2) is 41.3 Å². The molecule has 1 N–H and O–H groups in total. The van der Waals surface area contributed by atoms with Gasteiger partial charge in [-0.1, -0.05) is 0 Å². The fourth-order valence-electron chi connectivity index (χ4n) is 1.88. The Morgan fingerprint density at radius 2 is 2.20 bits per heavy atom. The van der Waals surface area contributed by atoms with Gasteiger partial charge in [-0.2, -0.15) is 5.10 Å². The maximum Gasteiger partial charge on any atom is 0.309 e. The van der Waals surface area contributed by atoms with Gasteiger partial charge in [-0.25, -0.2) is 9.50 Å². The average Bonchev–Trinajstić information content (AvgIpc) is 2.75. The third-order valence-electron chi connectivity index (χ3n) is 2.76. The Morgan fingerprint density at radius 3 is 2.90 bits per heavy atom. The molecule has 0 aliphatic rings. The van der Waals surface area contributed by atoms with E-state index in [1.54, 1.807) is 23.0 Å². The van der Waals surface area contributed by atoms with Gasteiger partial charge in [0.1, 0.15) is 4.60 Å². The number of halogens is 1. The molecule has 3 aromatic rings. The summed E-state index contributed by atoms with van der Waals surface area (Å²) in [5.74, 6) is -0.929. The normalized spacial score (nSPS) is 10.8. The van der Waals surface area contributed by atoms with Gasteiger partial charge in [0.05, 0.1) is 17.8 Å². The van der Waals surface area contributed by atoms with Crippen LogP contribution in [0.4, 0.5) is 0 Å². The lowest BCUT2D eigenvalue weighted by Crippen LogP contribution is -2.01. The summed E-state index contributed by atoms with van der Waals surface area (Å²) in [6.45, 7) is 0. The van der Waals surface area contributed by atoms with Crippen molar-refractivity contribution in [3.63, 3.8) is 0 Å². The molecule has 0 saturated carbocycles. The zero-order valence-corrected chi connectivity index (χ0v) is 11.8. The summed E-state index contributed by atoms with van der Waals surface area (Å²) >= 11 is 3.35. The van der Waals surface area contributed by atoms with Crippen LogP contribution in [-0.4, -0.2) is 30.7 Å². The minimum absolute atomic E-state index is 0.147. The molecule has 0 bridgehead atoms. The molecule has 0 aliphatic heterocycles. The monoisotopic (exact) mass is 332 g/mol. The number of rotatable bonds is 3. The van der Waals surface area contributed by atoms with E-state index in [0.717, 1.165) is 11.3 Å². The van der Waals surface area contributed by atoms with Crippen LogP contribution < -0.4 is 0 Å². The highest BCUT2D eigenvalue weighted by Crippen LogP contribution is 2.21. The molecule has 100 valence electrons. The van der Waals surface area contributed by atoms with Crippen LogP contribution in [0.25, 0.3) is 16.9 Å². The van der Waals surface area contributed by atoms with Crippen molar-refractivity contribution < 1.29 is 9.90 Å². The van der Waals surface area contributed by atoms with Crippen molar-refractivity contribution in [2.75, 3.05) is 0 Å². The first kappa shape index (κ1) is 12.7. The van der Waals surface area contributed by atoms with Crippen molar-refractivity contribution >= 4 is 27.5 Å². The number of hydrogen-bond acceptors (Lipinski definition) is 4. The summed E-state index contributed by atoms with van der Waals surface area (Å²) in [7, 11) is 0. The summed E-state index contributed by atoms with van der Waals surface area (Å²) in [6.07, 6.45) is 3.27. The molecule has 0 fully saturated rings. The van der Waals surface area contributed by atoms with Gasteiger partial charge in [0.2, 0.25) is 0 Å². The van der Waals surface area contributed by atoms with Gasteiger partial charge in [0, 0.05) is 18.0 Å². The molecule has 0 amide bonds. The van der Waals surface area contributed by atoms with E-state index >= 15 is 0 Å². The number of fused-ring (bicyclic) bond motifs is 1. The van der Waals surface area contributed by atoms with E-state index < -0.39 is 5.97 Å². The van der Waals surface area contributed by atoms with Gasteiger partial charge in [0.15, 0.2) is 5.65 Å². The molecule has 0 aliphatic carbocycles. The Labute approximate surface area is 122 Å². The SMILES string of the molecule is O=C(O)Cc1nc2ccc(-c3cccnc3)nn2c1Br. The number of carboxylic acids is 1. The summed E-state index contributed by atoms with van der Waals surface area (Å²) < 4.78 is 2.14. The fourth-order valence-corrected chi connectivity index (χ4v) is 2.37. The number of carboxylic acid groups (broad SMARTS) is 1. The molecule has 3 rings (SSSR count). The van der Waals surface area contributed by atoms with E-state index in [0.29, 0.717) is 15.9 Å². The second kappa shape index (κ2) is 5.01. The molecular weight excluding hydrogens is 324 g/mol. The molecule has 0 unspecified atom stereocenters. The smallest absolute Gasteiger partial charge is 0.309 e. The largest absolute Gasteiger partial charge is 0.481 e. The van der Waals surface area contributed by atoms with E-state index in [2.05, 4.69) is 31.0 Å². The van der Waals surface area contributed by atoms with Crippen LogP contribution in [-0.2, 0) is 11.2 Å². The molecule has 20 heavy (non-hydrogen) atoms. The lowest BCUT2D eigenvalue weighted by Gasteiger charge is -2.01. The fraction of sp³-hybridized carbons (Fsp3) is 0.0769. The molecule has 6 nitrogen and oxygen atoms in total. The third kappa shape index (κ3) is 2.27. The van der Waals surface area contributed by atoms with Gasteiger partial charge in [-0.3, -0.25) is 9.78 Å². The minimum atomic E-state index is -0.929. The Hall–Kier alpha value is -2.28. The molecule has 0 radical (unpaired) electrons. The van der Waals surface area contributed by atoms with E-state index in [1.807, 2.05) is 18.2 Å². The van der Waals surface area contributed by atoms with Crippen molar-refractivity contribution in [1.82, 2.24) is 19.6 Å². The van der Waals surface area contributed by atoms with E-state index in [-0.39, 0.29) is 6.42 Å². The van der Waals surface area contributed by atoms with Gasteiger partial charge in [-0.05, 0) is 40.2 Å². The quantitative estimate of drug-likeness (QED) is 0.795. The second-order valence-electron chi connectivity index (χ2n) is 4.15. The second-order valence-corrected chi connectivity index (χ2v) is 4.90. The highest BCUT2D eigenvalue weighted by atomic mass is 79.9. The van der Waals surface area contributed by atoms with Gasteiger partial charge >= 0.3 is 5.97 Å². The van der Waals surface area contributed by atoms with Crippen molar-refractivity contribution in [2.45, 2.75) is 6.42 Å². The summed E-state index contributed by atoms with van der Waals surface area (Å²) in [6, 6.07) is 7.37. The van der Waals surface area contributed by atoms with Gasteiger partial charge in [0.25, 0.3) is 0 Å². The van der Waals surface area contributed by atoms with Crippen LogP contribution in [0.2, 0.25) is 0 Å². The maximum absolute atomic E-state index is 10.8. The highest BCUT2D eigenvalue weighted by Gasteiger charge is 2.14. The third-order valence-corrected chi connectivity index (χ3v) is 3.56. The van der Waals surface area contributed by atoms with E-state index in [1.165, 1.54) is 0 Å². The molecule has 3 aromatic heterocycles. The Bertz CT molecular complexity index is 786. The number of pyridine rings is 1. The molecule has 3 heterocycles. The lowest BCUT2D eigenvalue weighted by atomic mass is 10.2. The minimum Gasteiger partial charge on any atom is -0.481 e. The van der Waals surface area contributed by atoms with Crippen molar-refractivity contribution in [1.29, 1.82) is 0 Å². The Balaban J connectivity index is 2.11. The van der Waals surface area contributed by atoms with Crippen LogP contribution in [0.3, 0.4) is 0 Å². The van der Waals surface area contributed by atoms with Crippen molar-refractivity contribution in [2.24, 2.45) is 0 Å². The Kier molecular flexibility index (Phi) is 3.19. The first-order chi connectivity index (χ1) is 9.65. The number of imidazole rings is 1. The van der Waals surface area contributed by atoms with Crippen molar-refractivity contribution in [3.8, 4) is 11.3 Å². The van der Waals surface area contributed by atoms with Crippen LogP contribution in [0.1, 0.15) is 5.69 Å². The zero-order chi connectivity index (χ0) is 14.1. The number of aromatic nitrogens is 4. The van der Waals surface area contributed by atoms with Crippen LogP contribution in [0, 0.1) is 0 Å². The van der Waals surface area contributed by atoms with E-state index in [9.17, 15) is 4.79 Å². The van der Waals surface area contributed by atoms with Crippen LogP contribution >= 0.6 is 15.9 Å². The number of carbonyl (C=O) groups is 1. The summed E-state index contributed by atoms with van der Waals surface area (Å²) in [5.41, 5.74) is 2.68. The standard InChI is InChI=1S/C13H9BrN4O2/c14-13-10(6-12(19)20)16-11-4-3-9(17-18(11)13)8-2-1-5-15-7-8/h1-5,7H,6H2,(H,19,20). The molecule has 0 saturated heterocycles. The highest BCUT2D eigenvalue weighted by molar-refractivity contribution is 9.10.